The molecule has 0 atom stereocenters. The highest BCUT2D eigenvalue weighted by Gasteiger charge is 2.16. The van der Waals surface area contributed by atoms with Crippen LogP contribution in [0.3, 0.4) is 0 Å². The van der Waals surface area contributed by atoms with Gasteiger partial charge in [-0.2, -0.15) is 0 Å². The Bertz CT molecular complexity index is 1070. The van der Waals surface area contributed by atoms with Gasteiger partial charge in [0.1, 0.15) is 5.52 Å². The number of fused-ring (bicyclic) bond motifs is 1. The second-order valence-electron chi connectivity index (χ2n) is 7.07. The van der Waals surface area contributed by atoms with Gasteiger partial charge in [-0.05, 0) is 19.9 Å². The maximum Gasteiger partial charge on any atom is 0.273 e. The first-order valence-electron chi connectivity index (χ1n) is 9.38. The lowest BCUT2D eigenvalue weighted by atomic mass is 10.3. The number of carbonyl (C=O) groups excluding carboxylic acids is 1. The minimum absolute atomic E-state index is 0.00461. The van der Waals surface area contributed by atoms with Crippen molar-refractivity contribution in [2.24, 2.45) is 0 Å². The molecule has 0 aliphatic carbocycles. The summed E-state index contributed by atoms with van der Waals surface area (Å²) in [5.41, 5.74) is 1.67. The van der Waals surface area contributed by atoms with E-state index in [4.69, 9.17) is 11.6 Å². The lowest BCUT2D eigenvalue weighted by Gasteiger charge is -2.20. The maximum atomic E-state index is 14.3. The topological polar surface area (TPSA) is 92.4 Å². The van der Waals surface area contributed by atoms with Gasteiger partial charge in [-0.1, -0.05) is 16.8 Å². The Morgan fingerprint density at radius 3 is 2.90 bits per heavy atom. The number of likely N-dealkylation sites (N-methyl/N-ethyl adjacent to an activating group) is 1. The van der Waals surface area contributed by atoms with Gasteiger partial charge in [-0.15, -0.1) is 5.10 Å². The summed E-state index contributed by atoms with van der Waals surface area (Å²) in [7, 11) is 3.81. The first-order chi connectivity index (χ1) is 14.3. The number of aromatic nitrogens is 5. The average Bonchev–Trinajstić information content (AvgIpc) is 3.35. The average molecular weight is 435 g/mol. The van der Waals surface area contributed by atoms with Crippen LogP contribution in [0.5, 0.6) is 0 Å². The number of pyridine rings is 1. The van der Waals surface area contributed by atoms with Crippen LogP contribution in [-0.4, -0.2) is 55.3 Å². The van der Waals surface area contributed by atoms with Crippen LogP contribution in [-0.2, 0) is 13.1 Å². The minimum atomic E-state index is -0.579. The minimum Gasteiger partial charge on any atom is -0.389 e. The monoisotopic (exact) mass is 434 g/mol. The first-order valence-corrected chi connectivity index (χ1v) is 9.76. The van der Waals surface area contributed by atoms with Crippen LogP contribution in [0.1, 0.15) is 30.0 Å². The van der Waals surface area contributed by atoms with E-state index < -0.39 is 11.7 Å². The lowest BCUT2D eigenvalue weighted by Crippen LogP contribution is -2.24. The van der Waals surface area contributed by atoms with Crippen LogP contribution >= 0.6 is 11.6 Å². The second kappa shape index (κ2) is 9.12. The van der Waals surface area contributed by atoms with Crippen molar-refractivity contribution >= 4 is 23.0 Å². The van der Waals surface area contributed by atoms with Gasteiger partial charge >= 0.3 is 0 Å². The van der Waals surface area contributed by atoms with E-state index in [0.29, 0.717) is 18.3 Å². The van der Waals surface area contributed by atoms with Gasteiger partial charge in [0.25, 0.3) is 5.91 Å². The van der Waals surface area contributed by atoms with Crippen LogP contribution in [0.2, 0.25) is 5.02 Å². The van der Waals surface area contributed by atoms with E-state index in [1.165, 1.54) is 16.8 Å². The summed E-state index contributed by atoms with van der Waals surface area (Å²) in [6.07, 6.45) is 6.61. The van der Waals surface area contributed by atoms with E-state index >= 15 is 0 Å². The second-order valence-corrected chi connectivity index (χ2v) is 7.48. The highest BCUT2D eigenvalue weighted by molar-refractivity contribution is 6.31. The molecule has 2 N–H and O–H groups in total. The van der Waals surface area contributed by atoms with Gasteiger partial charge in [0.15, 0.2) is 11.5 Å². The molecule has 0 radical (unpaired) electrons. The van der Waals surface area contributed by atoms with Crippen molar-refractivity contribution in [3.63, 3.8) is 0 Å². The van der Waals surface area contributed by atoms with Crippen LogP contribution in [0, 0.1) is 5.82 Å². The van der Waals surface area contributed by atoms with E-state index in [-0.39, 0.29) is 22.8 Å². The van der Waals surface area contributed by atoms with Crippen molar-refractivity contribution in [2.75, 3.05) is 14.1 Å². The van der Waals surface area contributed by atoms with Gasteiger partial charge in [0.05, 0.1) is 36.3 Å². The Kier molecular flexibility index (Phi) is 6.56. The van der Waals surface area contributed by atoms with Crippen molar-refractivity contribution in [1.29, 1.82) is 0 Å². The summed E-state index contributed by atoms with van der Waals surface area (Å²) < 4.78 is 17.4. The standard InChI is InChI=1S/C19H24ClFN8O/c1-12(2)27(4)8-13(22-3)9-29-10-16(25-26-29)19(30)23-7-15-18-17(21)14(20)5-6-28(18)11-24-15/h5-6,8,10-12,22H,7,9H2,1-4H3,(H,23,30)/b13-8-. The van der Waals surface area contributed by atoms with Gasteiger partial charge < -0.3 is 19.9 Å². The molecule has 160 valence electrons. The zero-order valence-corrected chi connectivity index (χ0v) is 18.0. The summed E-state index contributed by atoms with van der Waals surface area (Å²) in [5, 5.41) is 13.7. The Labute approximate surface area is 178 Å². The van der Waals surface area contributed by atoms with Crippen molar-refractivity contribution < 1.29 is 9.18 Å². The Hall–Kier alpha value is -3.14. The third kappa shape index (κ3) is 4.70. The first kappa shape index (κ1) is 21.6. The molecule has 0 bridgehead atoms. The number of allylic oxidation sites excluding steroid dienone is 1. The fourth-order valence-electron chi connectivity index (χ4n) is 2.70. The molecule has 0 unspecified atom stereocenters. The SMILES string of the molecule is CN/C(=C\N(C)C(C)C)Cn1cc(C(=O)NCc2ncn3ccc(Cl)c(F)c23)nn1. The zero-order chi connectivity index (χ0) is 21.8. The van der Waals surface area contributed by atoms with Crippen LogP contribution in [0.4, 0.5) is 4.39 Å². The number of imidazole rings is 1. The van der Waals surface area contributed by atoms with Gasteiger partial charge in [-0.3, -0.25) is 4.79 Å². The van der Waals surface area contributed by atoms with E-state index in [2.05, 4.69) is 44.7 Å². The predicted octanol–water partition coefficient (Wildman–Crippen LogP) is 2.05. The quantitative estimate of drug-likeness (QED) is 0.563. The Balaban J connectivity index is 1.66. The van der Waals surface area contributed by atoms with Crippen LogP contribution < -0.4 is 10.6 Å². The lowest BCUT2D eigenvalue weighted by molar-refractivity contribution is 0.0945. The number of nitrogens with one attached hydrogen (secondary N) is 2. The highest BCUT2D eigenvalue weighted by Crippen LogP contribution is 2.21. The fourth-order valence-corrected chi connectivity index (χ4v) is 2.85. The number of carbonyl (C=O) groups is 1. The summed E-state index contributed by atoms with van der Waals surface area (Å²) >= 11 is 5.84. The molecule has 11 heteroatoms. The van der Waals surface area contributed by atoms with Crippen LogP contribution in [0.15, 0.2) is 36.7 Å². The number of amides is 1. The molecule has 3 rings (SSSR count). The number of hydrogen-bond donors (Lipinski definition) is 2. The molecular weight excluding hydrogens is 411 g/mol. The third-order valence-electron chi connectivity index (χ3n) is 4.68. The summed E-state index contributed by atoms with van der Waals surface area (Å²) in [5.74, 6) is -1.01. The number of nitrogens with zero attached hydrogens (tertiary/aromatic N) is 6. The largest absolute Gasteiger partial charge is 0.389 e. The molecule has 3 aromatic heterocycles. The molecule has 0 spiro atoms. The highest BCUT2D eigenvalue weighted by atomic mass is 35.5. The summed E-state index contributed by atoms with van der Waals surface area (Å²) in [6, 6.07) is 1.79. The Morgan fingerprint density at radius 2 is 2.20 bits per heavy atom. The maximum absolute atomic E-state index is 14.3. The molecule has 3 aromatic rings. The Morgan fingerprint density at radius 1 is 1.43 bits per heavy atom. The molecule has 0 fully saturated rings. The number of hydrogen-bond acceptors (Lipinski definition) is 6. The number of halogens is 2. The molecule has 9 nitrogen and oxygen atoms in total. The van der Waals surface area contributed by atoms with Crippen molar-refractivity contribution in [3.05, 3.63) is 58.9 Å². The van der Waals surface area contributed by atoms with E-state index in [0.717, 1.165) is 5.70 Å². The summed E-state index contributed by atoms with van der Waals surface area (Å²) in [6.45, 7) is 4.64. The smallest absolute Gasteiger partial charge is 0.273 e. The summed E-state index contributed by atoms with van der Waals surface area (Å²) in [4.78, 5) is 18.7. The predicted molar refractivity (Wildman–Crippen MR) is 111 cm³/mol. The molecular formula is C19H24ClFN8O. The van der Waals surface area contributed by atoms with E-state index in [1.54, 1.807) is 17.1 Å². The molecule has 1 amide bonds. The van der Waals surface area contributed by atoms with E-state index in [9.17, 15) is 9.18 Å². The fraction of sp³-hybridized carbons (Fsp3) is 0.368. The van der Waals surface area contributed by atoms with Crippen LogP contribution in [0.25, 0.3) is 5.52 Å². The molecule has 30 heavy (non-hydrogen) atoms. The van der Waals surface area contributed by atoms with Gasteiger partial charge in [0.2, 0.25) is 0 Å². The van der Waals surface area contributed by atoms with Crippen molar-refractivity contribution in [2.45, 2.75) is 33.0 Å². The van der Waals surface area contributed by atoms with Gasteiger partial charge in [0, 0.05) is 38.2 Å². The zero-order valence-electron chi connectivity index (χ0n) is 17.2. The molecule has 0 aromatic carbocycles. The molecule has 0 aliphatic heterocycles. The van der Waals surface area contributed by atoms with Crippen molar-refractivity contribution in [3.8, 4) is 0 Å². The van der Waals surface area contributed by atoms with Gasteiger partial charge in [-0.25, -0.2) is 14.1 Å². The molecule has 3 heterocycles. The number of rotatable bonds is 8. The van der Waals surface area contributed by atoms with Crippen molar-refractivity contribution in [1.82, 2.24) is 39.9 Å². The molecule has 0 saturated carbocycles. The third-order valence-corrected chi connectivity index (χ3v) is 4.98. The molecule has 0 aliphatic rings. The molecule has 0 saturated heterocycles. The normalized spacial score (nSPS) is 11.9. The van der Waals surface area contributed by atoms with E-state index in [1.807, 2.05) is 20.3 Å².